The van der Waals surface area contributed by atoms with Crippen molar-refractivity contribution in [2.24, 2.45) is 0 Å². The van der Waals surface area contributed by atoms with Crippen LogP contribution in [-0.4, -0.2) is 31.7 Å². The minimum Gasteiger partial charge on any atom is -0.497 e. The highest BCUT2D eigenvalue weighted by Crippen LogP contribution is 2.31. The standard InChI is InChI=1S/C20H23N3O3/c1-25-16-11-18-17(19(12-16)26-2)10-15(23-18)7-4-8-22-20(24)13-5-3-6-14(21)9-13/h3,5-6,9-12,23H,4,7-8,21H2,1-2H3,(H,22,24). The average Bonchev–Trinajstić information content (AvgIpc) is 3.06. The summed E-state index contributed by atoms with van der Waals surface area (Å²) in [5.74, 6) is 1.41. The van der Waals surface area contributed by atoms with Gasteiger partial charge in [-0.25, -0.2) is 0 Å². The smallest absolute Gasteiger partial charge is 0.251 e. The van der Waals surface area contributed by atoms with Crippen molar-refractivity contribution < 1.29 is 14.3 Å². The molecule has 26 heavy (non-hydrogen) atoms. The minimum absolute atomic E-state index is 0.111. The number of methoxy groups -OCH3 is 2. The fraction of sp³-hybridized carbons (Fsp3) is 0.250. The topological polar surface area (TPSA) is 89.4 Å². The molecule has 0 aliphatic rings. The van der Waals surface area contributed by atoms with Gasteiger partial charge >= 0.3 is 0 Å². The van der Waals surface area contributed by atoms with Gasteiger partial charge in [-0.1, -0.05) is 6.07 Å². The Morgan fingerprint density at radius 2 is 2.00 bits per heavy atom. The van der Waals surface area contributed by atoms with Crippen LogP contribution in [0.3, 0.4) is 0 Å². The molecule has 0 bridgehead atoms. The maximum Gasteiger partial charge on any atom is 0.251 e. The zero-order valence-corrected chi connectivity index (χ0v) is 15.0. The first-order chi connectivity index (χ1) is 12.6. The molecule has 0 aliphatic carbocycles. The number of fused-ring (bicyclic) bond motifs is 1. The predicted octanol–water partition coefficient (Wildman–Crippen LogP) is 3.13. The molecule has 1 amide bonds. The van der Waals surface area contributed by atoms with E-state index >= 15 is 0 Å². The van der Waals surface area contributed by atoms with Gasteiger partial charge in [-0.3, -0.25) is 4.79 Å². The Morgan fingerprint density at radius 3 is 2.73 bits per heavy atom. The molecular formula is C20H23N3O3. The summed E-state index contributed by atoms with van der Waals surface area (Å²) in [6, 6.07) is 12.9. The molecule has 0 saturated carbocycles. The molecule has 3 rings (SSSR count). The van der Waals surface area contributed by atoms with Gasteiger partial charge in [0.1, 0.15) is 11.5 Å². The van der Waals surface area contributed by atoms with Gasteiger partial charge in [-0.05, 0) is 37.1 Å². The molecule has 0 saturated heterocycles. The van der Waals surface area contributed by atoms with Crippen LogP contribution in [0.25, 0.3) is 10.9 Å². The summed E-state index contributed by atoms with van der Waals surface area (Å²) in [5, 5.41) is 3.94. The van der Waals surface area contributed by atoms with E-state index in [0.29, 0.717) is 17.8 Å². The fourth-order valence-electron chi connectivity index (χ4n) is 2.92. The zero-order chi connectivity index (χ0) is 18.5. The van der Waals surface area contributed by atoms with Crippen molar-refractivity contribution in [1.29, 1.82) is 0 Å². The van der Waals surface area contributed by atoms with E-state index in [1.165, 1.54) is 0 Å². The molecule has 3 aromatic rings. The van der Waals surface area contributed by atoms with Crippen molar-refractivity contribution in [2.75, 3.05) is 26.5 Å². The maximum atomic E-state index is 12.1. The first-order valence-electron chi connectivity index (χ1n) is 8.48. The number of ether oxygens (including phenoxy) is 2. The van der Waals surface area contributed by atoms with E-state index < -0.39 is 0 Å². The number of nitrogens with two attached hydrogens (primary N) is 1. The predicted molar refractivity (Wildman–Crippen MR) is 103 cm³/mol. The maximum absolute atomic E-state index is 12.1. The van der Waals surface area contributed by atoms with Gasteiger partial charge in [0.2, 0.25) is 0 Å². The molecule has 1 heterocycles. The molecule has 136 valence electrons. The van der Waals surface area contributed by atoms with Gasteiger partial charge in [0, 0.05) is 41.0 Å². The third-order valence-electron chi connectivity index (χ3n) is 4.24. The van der Waals surface area contributed by atoms with Crippen molar-refractivity contribution >= 4 is 22.5 Å². The van der Waals surface area contributed by atoms with Crippen molar-refractivity contribution in [1.82, 2.24) is 10.3 Å². The second kappa shape index (κ2) is 7.82. The third-order valence-corrected chi connectivity index (χ3v) is 4.24. The van der Waals surface area contributed by atoms with Gasteiger partial charge in [-0.15, -0.1) is 0 Å². The molecule has 6 nitrogen and oxygen atoms in total. The van der Waals surface area contributed by atoms with Crippen LogP contribution in [0.1, 0.15) is 22.5 Å². The number of aromatic amines is 1. The SMILES string of the molecule is COc1cc(OC)c2cc(CCCNC(=O)c3cccc(N)c3)[nH]c2c1. The number of rotatable bonds is 7. The van der Waals surface area contributed by atoms with Crippen molar-refractivity contribution in [3.8, 4) is 11.5 Å². The number of aromatic nitrogens is 1. The van der Waals surface area contributed by atoms with E-state index in [9.17, 15) is 4.79 Å². The minimum atomic E-state index is -0.111. The fourth-order valence-corrected chi connectivity index (χ4v) is 2.92. The first-order valence-corrected chi connectivity index (χ1v) is 8.48. The van der Waals surface area contributed by atoms with E-state index in [1.807, 2.05) is 12.1 Å². The molecule has 0 atom stereocenters. The second-order valence-electron chi connectivity index (χ2n) is 6.07. The summed E-state index contributed by atoms with van der Waals surface area (Å²) in [4.78, 5) is 15.5. The molecule has 0 fully saturated rings. The molecule has 2 aromatic carbocycles. The third kappa shape index (κ3) is 3.91. The van der Waals surface area contributed by atoms with Crippen LogP contribution < -0.4 is 20.5 Å². The summed E-state index contributed by atoms with van der Waals surface area (Å²) >= 11 is 0. The normalized spacial score (nSPS) is 10.7. The number of nitrogens with one attached hydrogen (secondary N) is 2. The van der Waals surface area contributed by atoms with Crippen molar-refractivity contribution in [2.45, 2.75) is 12.8 Å². The number of benzene rings is 2. The number of anilines is 1. The van der Waals surface area contributed by atoms with Crippen molar-refractivity contribution in [3.05, 3.63) is 53.7 Å². The Kier molecular flexibility index (Phi) is 5.31. The molecule has 6 heteroatoms. The van der Waals surface area contributed by atoms with Crippen LogP contribution >= 0.6 is 0 Å². The van der Waals surface area contributed by atoms with Crippen LogP contribution in [0.4, 0.5) is 5.69 Å². The van der Waals surface area contributed by atoms with Gasteiger partial charge in [0.15, 0.2) is 0 Å². The lowest BCUT2D eigenvalue weighted by Crippen LogP contribution is -2.24. The summed E-state index contributed by atoms with van der Waals surface area (Å²) in [6.45, 7) is 0.587. The summed E-state index contributed by atoms with van der Waals surface area (Å²) < 4.78 is 10.7. The Morgan fingerprint density at radius 1 is 1.15 bits per heavy atom. The van der Waals surface area contributed by atoms with E-state index in [-0.39, 0.29) is 5.91 Å². The average molecular weight is 353 g/mol. The van der Waals surface area contributed by atoms with Gasteiger partial charge in [0.05, 0.1) is 19.7 Å². The largest absolute Gasteiger partial charge is 0.497 e. The number of nitrogen functional groups attached to an aromatic ring is 1. The Bertz CT molecular complexity index is 918. The Hall–Kier alpha value is -3.15. The number of amides is 1. The number of hydrogen-bond acceptors (Lipinski definition) is 4. The summed E-state index contributed by atoms with van der Waals surface area (Å²) in [6.07, 6.45) is 1.64. The number of hydrogen-bond donors (Lipinski definition) is 3. The lowest BCUT2D eigenvalue weighted by atomic mass is 10.2. The van der Waals surface area contributed by atoms with Crippen LogP contribution in [-0.2, 0) is 6.42 Å². The monoisotopic (exact) mass is 353 g/mol. The lowest BCUT2D eigenvalue weighted by Gasteiger charge is -2.05. The molecule has 4 N–H and O–H groups in total. The Labute approximate surface area is 152 Å². The number of carbonyl (C=O) groups is 1. The van der Waals surface area contributed by atoms with Crippen LogP contribution in [0, 0.1) is 0 Å². The quantitative estimate of drug-likeness (QED) is 0.450. The highest BCUT2D eigenvalue weighted by Gasteiger charge is 2.09. The van der Waals surface area contributed by atoms with Crippen LogP contribution in [0.2, 0.25) is 0 Å². The second-order valence-corrected chi connectivity index (χ2v) is 6.07. The summed E-state index contributed by atoms with van der Waals surface area (Å²) in [7, 11) is 3.28. The molecule has 1 aromatic heterocycles. The Balaban J connectivity index is 1.59. The zero-order valence-electron chi connectivity index (χ0n) is 15.0. The van der Waals surface area contributed by atoms with E-state index in [0.717, 1.165) is 40.9 Å². The molecule has 0 unspecified atom stereocenters. The summed E-state index contributed by atoms with van der Waals surface area (Å²) in [5.41, 5.74) is 8.92. The highest BCUT2D eigenvalue weighted by molar-refractivity contribution is 5.95. The number of aryl methyl sites for hydroxylation is 1. The van der Waals surface area contributed by atoms with Gasteiger partial charge in [0.25, 0.3) is 5.91 Å². The number of H-pyrrole nitrogens is 1. The van der Waals surface area contributed by atoms with Crippen LogP contribution in [0.5, 0.6) is 11.5 Å². The number of carbonyl (C=O) groups excluding carboxylic acids is 1. The van der Waals surface area contributed by atoms with E-state index in [2.05, 4.69) is 16.4 Å². The lowest BCUT2D eigenvalue weighted by molar-refractivity contribution is 0.0953. The molecule has 0 radical (unpaired) electrons. The van der Waals surface area contributed by atoms with Gasteiger partial charge in [-0.2, -0.15) is 0 Å². The van der Waals surface area contributed by atoms with Crippen LogP contribution in [0.15, 0.2) is 42.5 Å². The van der Waals surface area contributed by atoms with Crippen molar-refractivity contribution in [3.63, 3.8) is 0 Å². The molecule has 0 aliphatic heterocycles. The van der Waals surface area contributed by atoms with Gasteiger partial charge < -0.3 is 25.5 Å². The molecule has 0 spiro atoms. The first kappa shape index (κ1) is 17.7. The van der Waals surface area contributed by atoms with E-state index in [4.69, 9.17) is 15.2 Å². The highest BCUT2D eigenvalue weighted by atomic mass is 16.5. The van der Waals surface area contributed by atoms with E-state index in [1.54, 1.807) is 38.5 Å². The molecular weight excluding hydrogens is 330 g/mol.